The Hall–Kier alpha value is -1.25. The van der Waals surface area contributed by atoms with Crippen LogP contribution in [-0.4, -0.2) is 43.9 Å². The summed E-state index contributed by atoms with van der Waals surface area (Å²) in [6.45, 7) is 4.07. The molecule has 1 aliphatic heterocycles. The quantitative estimate of drug-likeness (QED) is 0.360. The first-order valence-electron chi connectivity index (χ1n) is 9.11. The van der Waals surface area contributed by atoms with Gasteiger partial charge >= 0.3 is 0 Å². The molecule has 0 aliphatic carbocycles. The monoisotopic (exact) mass is 502 g/mol. The third-order valence-electron chi connectivity index (χ3n) is 5.03. The van der Waals surface area contributed by atoms with E-state index in [2.05, 4.69) is 44.7 Å². The number of aliphatic imine (C=N–C) groups is 1. The lowest BCUT2D eigenvalue weighted by Crippen LogP contribution is -2.48. The molecule has 0 bridgehead atoms. The second-order valence-corrected chi connectivity index (χ2v) is 7.11. The van der Waals surface area contributed by atoms with Crippen LogP contribution in [0, 0.1) is 0 Å². The van der Waals surface area contributed by atoms with Crippen LogP contribution in [0.1, 0.15) is 18.4 Å². The van der Waals surface area contributed by atoms with Gasteiger partial charge in [0.05, 0.1) is 0 Å². The molecule has 148 valence electrons. The van der Waals surface area contributed by atoms with E-state index in [1.54, 1.807) is 7.05 Å². The Morgan fingerprint density at radius 1 is 1.19 bits per heavy atom. The molecule has 1 fully saturated rings. The fraction of sp³-hybridized carbons (Fsp3) is 0.450. The topological polar surface area (TPSA) is 50.6 Å². The normalized spacial score (nSPS) is 16.4. The fourth-order valence-electron chi connectivity index (χ4n) is 3.44. The Morgan fingerprint density at radius 2 is 1.93 bits per heavy atom. The van der Waals surface area contributed by atoms with Gasteiger partial charge in [-0.25, -0.2) is 0 Å². The third-order valence-corrected chi connectivity index (χ3v) is 5.27. The first-order valence-corrected chi connectivity index (χ1v) is 9.49. The van der Waals surface area contributed by atoms with Crippen molar-refractivity contribution in [2.45, 2.75) is 24.8 Å². The van der Waals surface area contributed by atoms with Crippen molar-refractivity contribution in [2.24, 2.45) is 4.99 Å². The maximum atomic E-state index is 6.24. The van der Waals surface area contributed by atoms with Crippen LogP contribution < -0.4 is 10.6 Å². The number of nitrogens with one attached hydrogen (secondary N) is 2. The van der Waals surface area contributed by atoms with Crippen LogP contribution in [-0.2, 0) is 16.7 Å². The van der Waals surface area contributed by atoms with E-state index in [-0.39, 0.29) is 29.4 Å². The average molecular weight is 503 g/mol. The number of hydrogen-bond donors (Lipinski definition) is 2. The summed E-state index contributed by atoms with van der Waals surface area (Å²) in [5.74, 6) is 0.824. The molecule has 0 saturated carbocycles. The van der Waals surface area contributed by atoms with Crippen molar-refractivity contribution in [3.8, 4) is 0 Å². The molecule has 1 aliphatic rings. The highest BCUT2D eigenvalue weighted by molar-refractivity contribution is 14.0. The lowest BCUT2D eigenvalue weighted by atomic mass is 9.74. The molecule has 0 unspecified atom stereocenters. The Morgan fingerprint density at radius 3 is 2.59 bits per heavy atom. The SMILES string of the molecule is CN=C(NCCn1cccc1)NCC1(c2cccc(Cl)c2)CCOCC1.I. The molecule has 1 aromatic heterocycles. The van der Waals surface area contributed by atoms with Crippen LogP contribution >= 0.6 is 35.6 Å². The molecule has 7 heteroatoms. The Balaban J connectivity index is 0.00000261. The first kappa shape index (κ1) is 22.0. The number of benzene rings is 1. The number of halogens is 2. The van der Waals surface area contributed by atoms with E-state index < -0.39 is 0 Å². The standard InChI is InChI=1S/C20H27ClN4O.HI/c1-22-19(23-9-12-25-10-2-3-11-25)24-16-20(7-13-26-14-8-20)17-5-4-6-18(21)15-17;/h2-6,10-11,15H,7-9,12-14,16H2,1H3,(H2,22,23,24);1H. The minimum Gasteiger partial charge on any atom is -0.381 e. The van der Waals surface area contributed by atoms with E-state index in [0.29, 0.717) is 0 Å². The highest BCUT2D eigenvalue weighted by Crippen LogP contribution is 2.35. The predicted molar refractivity (Wildman–Crippen MR) is 122 cm³/mol. The van der Waals surface area contributed by atoms with Crippen molar-refractivity contribution in [3.63, 3.8) is 0 Å². The molecule has 3 rings (SSSR count). The number of rotatable bonds is 6. The summed E-state index contributed by atoms with van der Waals surface area (Å²) in [6.07, 6.45) is 6.07. The first-order chi connectivity index (χ1) is 12.7. The molecular weight excluding hydrogens is 475 g/mol. The molecule has 1 aromatic carbocycles. The van der Waals surface area contributed by atoms with Crippen molar-refractivity contribution in [3.05, 3.63) is 59.4 Å². The number of hydrogen-bond acceptors (Lipinski definition) is 2. The highest BCUT2D eigenvalue weighted by Gasteiger charge is 2.34. The smallest absolute Gasteiger partial charge is 0.191 e. The minimum absolute atomic E-state index is 0. The van der Waals surface area contributed by atoms with Crippen LogP contribution in [0.4, 0.5) is 0 Å². The van der Waals surface area contributed by atoms with Gasteiger partial charge in [0.25, 0.3) is 0 Å². The molecule has 0 atom stereocenters. The number of guanidine groups is 1. The maximum absolute atomic E-state index is 6.24. The van der Waals surface area contributed by atoms with E-state index in [1.165, 1.54) is 5.56 Å². The molecule has 2 heterocycles. The molecule has 2 aromatic rings. The van der Waals surface area contributed by atoms with Gasteiger partial charge in [-0.3, -0.25) is 4.99 Å². The van der Waals surface area contributed by atoms with Crippen LogP contribution in [0.3, 0.4) is 0 Å². The second kappa shape index (κ2) is 10.9. The zero-order chi connectivity index (χ0) is 18.2. The molecule has 0 radical (unpaired) electrons. The van der Waals surface area contributed by atoms with E-state index in [0.717, 1.165) is 56.7 Å². The fourth-order valence-corrected chi connectivity index (χ4v) is 3.63. The molecule has 2 N–H and O–H groups in total. The molecule has 1 saturated heterocycles. The summed E-state index contributed by atoms with van der Waals surface area (Å²) < 4.78 is 7.75. The number of aromatic nitrogens is 1. The number of ether oxygens (including phenoxy) is 1. The zero-order valence-electron chi connectivity index (χ0n) is 15.7. The van der Waals surface area contributed by atoms with Crippen molar-refractivity contribution >= 4 is 41.5 Å². The lowest BCUT2D eigenvalue weighted by molar-refractivity contribution is 0.0514. The number of nitrogens with zero attached hydrogens (tertiary/aromatic N) is 2. The van der Waals surface area contributed by atoms with Crippen molar-refractivity contribution < 1.29 is 4.74 Å². The van der Waals surface area contributed by atoms with Gasteiger partial charge in [-0.2, -0.15) is 0 Å². The van der Waals surface area contributed by atoms with Gasteiger partial charge in [0.15, 0.2) is 5.96 Å². The molecule has 27 heavy (non-hydrogen) atoms. The summed E-state index contributed by atoms with van der Waals surface area (Å²) in [7, 11) is 1.81. The summed E-state index contributed by atoms with van der Waals surface area (Å²) in [5.41, 5.74) is 1.28. The van der Waals surface area contributed by atoms with E-state index in [9.17, 15) is 0 Å². The van der Waals surface area contributed by atoms with Crippen LogP contribution in [0.15, 0.2) is 53.8 Å². The van der Waals surface area contributed by atoms with E-state index in [1.807, 2.05) is 24.3 Å². The summed E-state index contributed by atoms with van der Waals surface area (Å²) in [4.78, 5) is 4.36. The van der Waals surface area contributed by atoms with Crippen molar-refractivity contribution in [1.29, 1.82) is 0 Å². The minimum atomic E-state index is 0. The summed E-state index contributed by atoms with van der Waals surface area (Å²) >= 11 is 6.24. The van der Waals surface area contributed by atoms with Gasteiger partial charge in [-0.05, 0) is 42.7 Å². The summed E-state index contributed by atoms with van der Waals surface area (Å²) in [6, 6.07) is 12.3. The molecule has 0 spiro atoms. The average Bonchev–Trinajstić information content (AvgIpc) is 3.19. The molecule has 5 nitrogen and oxygen atoms in total. The van der Waals surface area contributed by atoms with Crippen LogP contribution in [0.2, 0.25) is 5.02 Å². The van der Waals surface area contributed by atoms with Gasteiger partial charge in [0.1, 0.15) is 0 Å². The maximum Gasteiger partial charge on any atom is 0.191 e. The van der Waals surface area contributed by atoms with Gasteiger partial charge in [0.2, 0.25) is 0 Å². The summed E-state index contributed by atoms with van der Waals surface area (Å²) in [5, 5.41) is 7.68. The van der Waals surface area contributed by atoms with Gasteiger partial charge in [0, 0.05) is 62.7 Å². The van der Waals surface area contributed by atoms with Gasteiger partial charge in [-0.15, -0.1) is 24.0 Å². The second-order valence-electron chi connectivity index (χ2n) is 6.68. The van der Waals surface area contributed by atoms with Crippen molar-refractivity contribution in [2.75, 3.05) is 33.4 Å². The van der Waals surface area contributed by atoms with Gasteiger partial charge in [-0.1, -0.05) is 23.7 Å². The van der Waals surface area contributed by atoms with Gasteiger partial charge < -0.3 is 19.9 Å². The van der Waals surface area contributed by atoms with Crippen LogP contribution in [0.5, 0.6) is 0 Å². The van der Waals surface area contributed by atoms with Crippen LogP contribution in [0.25, 0.3) is 0 Å². The highest BCUT2D eigenvalue weighted by atomic mass is 127. The Kier molecular flexibility index (Phi) is 8.92. The van der Waals surface area contributed by atoms with E-state index >= 15 is 0 Å². The van der Waals surface area contributed by atoms with Crippen molar-refractivity contribution in [1.82, 2.24) is 15.2 Å². The largest absolute Gasteiger partial charge is 0.381 e. The Bertz CT molecular complexity index is 715. The molecular formula is C20H28ClIN4O. The third kappa shape index (κ3) is 6.12. The molecule has 0 amide bonds. The zero-order valence-corrected chi connectivity index (χ0v) is 18.7. The Labute approximate surface area is 183 Å². The lowest BCUT2D eigenvalue weighted by Gasteiger charge is -2.38. The van der Waals surface area contributed by atoms with E-state index in [4.69, 9.17) is 16.3 Å². The predicted octanol–water partition coefficient (Wildman–Crippen LogP) is 3.67.